The number of benzene rings is 2. The Kier molecular flexibility index (Phi) is 4.55. The number of thiocarbonyl (C=S) groups is 1. The minimum absolute atomic E-state index is 0.484. The van der Waals surface area contributed by atoms with Crippen molar-refractivity contribution in [1.82, 2.24) is 0 Å². The molecule has 0 aliphatic rings. The molecule has 0 amide bonds. The van der Waals surface area contributed by atoms with Gasteiger partial charge in [-0.15, -0.1) is 0 Å². The van der Waals surface area contributed by atoms with Crippen LogP contribution in [0.1, 0.15) is 18.6 Å². The fraction of sp³-hybridized carbons (Fsp3) is 0.133. The van der Waals surface area contributed by atoms with Crippen LogP contribution in [0.15, 0.2) is 48.5 Å². The van der Waals surface area contributed by atoms with Gasteiger partial charge in [0, 0.05) is 17.1 Å². The summed E-state index contributed by atoms with van der Waals surface area (Å²) in [6.45, 7) is 1.73. The normalized spacial score (nSPS) is 11.7. The summed E-state index contributed by atoms with van der Waals surface area (Å²) in [6.07, 6.45) is -0.504. The van der Waals surface area contributed by atoms with Gasteiger partial charge in [0.05, 0.1) is 6.10 Å². The number of hydrogen-bond acceptors (Lipinski definition) is 3. The van der Waals surface area contributed by atoms with Gasteiger partial charge in [-0.05, 0) is 61.1 Å². The van der Waals surface area contributed by atoms with Crippen molar-refractivity contribution in [2.75, 3.05) is 16.4 Å². The summed E-state index contributed by atoms with van der Waals surface area (Å²) in [4.78, 5) is 0. The van der Waals surface area contributed by atoms with Gasteiger partial charge < -0.3 is 21.5 Å². The molecule has 1 unspecified atom stereocenters. The highest BCUT2D eigenvalue weighted by Crippen LogP contribution is 2.17. The Hall–Kier alpha value is -2.11. The molecule has 5 N–H and O–H groups in total. The first-order chi connectivity index (χ1) is 9.54. The van der Waals surface area contributed by atoms with Gasteiger partial charge in [-0.1, -0.05) is 12.1 Å². The van der Waals surface area contributed by atoms with Gasteiger partial charge in [0.25, 0.3) is 0 Å². The maximum absolute atomic E-state index is 9.56. The van der Waals surface area contributed by atoms with Crippen molar-refractivity contribution in [1.29, 1.82) is 0 Å². The van der Waals surface area contributed by atoms with E-state index in [1.807, 2.05) is 36.4 Å². The number of anilines is 3. The standard InChI is InChI=1S/C15H17N3OS/c1-10(19)11-3-2-4-14(9-11)18-15(20)17-13-7-5-12(16)6-8-13/h2-10,19H,16H2,1H3,(H2,17,18,20). The van der Waals surface area contributed by atoms with Crippen molar-refractivity contribution in [2.45, 2.75) is 13.0 Å². The summed E-state index contributed by atoms with van der Waals surface area (Å²) >= 11 is 5.24. The number of aliphatic hydroxyl groups is 1. The Bertz CT molecular complexity index is 596. The van der Waals surface area contributed by atoms with Crippen LogP contribution in [-0.2, 0) is 0 Å². The lowest BCUT2D eigenvalue weighted by Crippen LogP contribution is -2.19. The largest absolute Gasteiger partial charge is 0.399 e. The third-order valence-corrected chi connectivity index (χ3v) is 3.00. The zero-order chi connectivity index (χ0) is 14.5. The highest BCUT2D eigenvalue weighted by Gasteiger charge is 2.03. The van der Waals surface area contributed by atoms with E-state index < -0.39 is 6.10 Å². The molecule has 0 heterocycles. The number of nitrogens with two attached hydrogens (primary N) is 1. The maximum Gasteiger partial charge on any atom is 0.175 e. The van der Waals surface area contributed by atoms with E-state index in [-0.39, 0.29) is 0 Å². The summed E-state index contributed by atoms with van der Waals surface area (Å²) in [6, 6.07) is 14.8. The zero-order valence-electron chi connectivity index (χ0n) is 11.1. The Morgan fingerprint density at radius 3 is 2.40 bits per heavy atom. The van der Waals surface area contributed by atoms with Gasteiger partial charge in [-0.2, -0.15) is 0 Å². The van der Waals surface area contributed by atoms with E-state index >= 15 is 0 Å². The summed E-state index contributed by atoms with van der Waals surface area (Å²) < 4.78 is 0. The molecular weight excluding hydrogens is 270 g/mol. The van der Waals surface area contributed by atoms with Crippen molar-refractivity contribution in [3.8, 4) is 0 Å². The first kappa shape index (κ1) is 14.3. The Morgan fingerprint density at radius 1 is 1.10 bits per heavy atom. The van der Waals surface area contributed by atoms with Gasteiger partial charge in [0.15, 0.2) is 5.11 Å². The second kappa shape index (κ2) is 6.36. The van der Waals surface area contributed by atoms with E-state index in [1.54, 1.807) is 19.1 Å². The van der Waals surface area contributed by atoms with Gasteiger partial charge >= 0.3 is 0 Å². The average molecular weight is 287 g/mol. The second-order valence-electron chi connectivity index (χ2n) is 4.50. The maximum atomic E-state index is 9.56. The third-order valence-electron chi connectivity index (χ3n) is 2.80. The van der Waals surface area contributed by atoms with Crippen LogP contribution in [-0.4, -0.2) is 10.2 Å². The smallest absolute Gasteiger partial charge is 0.175 e. The molecule has 20 heavy (non-hydrogen) atoms. The molecule has 0 bridgehead atoms. The summed E-state index contributed by atoms with van der Waals surface area (Å²) in [5, 5.41) is 16.2. The minimum Gasteiger partial charge on any atom is -0.399 e. The third kappa shape index (κ3) is 3.94. The first-order valence-corrected chi connectivity index (χ1v) is 6.67. The summed E-state index contributed by atoms with van der Waals surface area (Å²) in [5.41, 5.74) is 8.87. The Labute approximate surface area is 123 Å². The number of aliphatic hydroxyl groups excluding tert-OH is 1. The topological polar surface area (TPSA) is 70.3 Å². The molecule has 0 aliphatic carbocycles. The Morgan fingerprint density at radius 2 is 1.75 bits per heavy atom. The molecule has 0 aliphatic heterocycles. The van der Waals surface area contributed by atoms with Crippen LogP contribution < -0.4 is 16.4 Å². The quantitative estimate of drug-likeness (QED) is 0.516. The lowest BCUT2D eigenvalue weighted by atomic mass is 10.1. The highest BCUT2D eigenvalue weighted by molar-refractivity contribution is 7.80. The number of rotatable bonds is 3. The predicted octanol–water partition coefficient (Wildman–Crippen LogP) is 3.13. The summed E-state index contributed by atoms with van der Waals surface area (Å²) in [7, 11) is 0. The van der Waals surface area contributed by atoms with Crippen LogP contribution in [0.3, 0.4) is 0 Å². The fourth-order valence-corrected chi connectivity index (χ4v) is 1.97. The van der Waals surface area contributed by atoms with E-state index in [1.165, 1.54) is 0 Å². The minimum atomic E-state index is -0.504. The molecule has 5 heteroatoms. The fourth-order valence-electron chi connectivity index (χ4n) is 1.74. The van der Waals surface area contributed by atoms with Crippen LogP contribution >= 0.6 is 12.2 Å². The molecule has 0 radical (unpaired) electrons. The van der Waals surface area contributed by atoms with E-state index in [4.69, 9.17) is 18.0 Å². The van der Waals surface area contributed by atoms with Crippen molar-refractivity contribution >= 4 is 34.4 Å². The lowest BCUT2D eigenvalue weighted by Gasteiger charge is -2.12. The summed E-state index contributed by atoms with van der Waals surface area (Å²) in [5.74, 6) is 0. The van der Waals surface area contributed by atoms with E-state index in [9.17, 15) is 5.11 Å². The lowest BCUT2D eigenvalue weighted by molar-refractivity contribution is 0.199. The molecule has 2 aromatic carbocycles. The molecule has 0 spiro atoms. The number of nitrogen functional groups attached to an aromatic ring is 1. The van der Waals surface area contributed by atoms with Crippen molar-refractivity contribution in [2.24, 2.45) is 0 Å². The number of nitrogens with one attached hydrogen (secondary N) is 2. The number of hydrogen-bond donors (Lipinski definition) is 4. The molecule has 1 atom stereocenters. The predicted molar refractivity (Wildman–Crippen MR) is 87.8 cm³/mol. The molecule has 4 nitrogen and oxygen atoms in total. The molecule has 0 saturated heterocycles. The van der Waals surface area contributed by atoms with Crippen molar-refractivity contribution in [3.63, 3.8) is 0 Å². The van der Waals surface area contributed by atoms with E-state index in [2.05, 4.69) is 10.6 Å². The molecule has 104 valence electrons. The SMILES string of the molecule is CC(O)c1cccc(NC(=S)Nc2ccc(N)cc2)c1. The van der Waals surface area contributed by atoms with Crippen LogP contribution in [0, 0.1) is 0 Å². The van der Waals surface area contributed by atoms with E-state index in [0.717, 1.165) is 16.9 Å². The molecule has 0 fully saturated rings. The van der Waals surface area contributed by atoms with Crippen molar-refractivity contribution in [3.05, 3.63) is 54.1 Å². The average Bonchev–Trinajstić information content (AvgIpc) is 2.41. The van der Waals surface area contributed by atoms with Crippen LogP contribution in [0.4, 0.5) is 17.1 Å². The van der Waals surface area contributed by atoms with Crippen LogP contribution in [0.5, 0.6) is 0 Å². The van der Waals surface area contributed by atoms with Gasteiger partial charge in [-0.3, -0.25) is 0 Å². The first-order valence-electron chi connectivity index (χ1n) is 6.26. The molecule has 2 rings (SSSR count). The van der Waals surface area contributed by atoms with Crippen LogP contribution in [0.2, 0.25) is 0 Å². The molecular formula is C15H17N3OS. The Balaban J connectivity index is 2.01. The van der Waals surface area contributed by atoms with Gasteiger partial charge in [0.1, 0.15) is 0 Å². The van der Waals surface area contributed by atoms with Crippen LogP contribution in [0.25, 0.3) is 0 Å². The van der Waals surface area contributed by atoms with E-state index in [0.29, 0.717) is 10.8 Å². The zero-order valence-corrected chi connectivity index (χ0v) is 11.9. The van der Waals surface area contributed by atoms with Gasteiger partial charge in [-0.25, -0.2) is 0 Å². The molecule has 0 aromatic heterocycles. The van der Waals surface area contributed by atoms with Gasteiger partial charge in [0.2, 0.25) is 0 Å². The molecule has 0 saturated carbocycles. The molecule has 2 aromatic rings. The van der Waals surface area contributed by atoms with Crippen molar-refractivity contribution < 1.29 is 5.11 Å². The monoisotopic (exact) mass is 287 g/mol. The second-order valence-corrected chi connectivity index (χ2v) is 4.91. The highest BCUT2D eigenvalue weighted by atomic mass is 32.1.